The number of esters is 1. The van der Waals surface area contributed by atoms with Gasteiger partial charge in [-0.3, -0.25) is 0 Å². The van der Waals surface area contributed by atoms with Crippen LogP contribution in [0.1, 0.15) is 10.4 Å². The molecule has 1 aliphatic carbocycles. The van der Waals surface area contributed by atoms with Crippen LogP contribution in [0.4, 0.5) is 0 Å². The van der Waals surface area contributed by atoms with E-state index in [1.807, 2.05) is 0 Å². The second kappa shape index (κ2) is 9.43. The first-order chi connectivity index (χ1) is 17.2. The largest absolute Gasteiger partial charge is 0.504 e. The average Bonchev–Trinajstić information content (AvgIpc) is 3.56. The van der Waals surface area contributed by atoms with Crippen LogP contribution in [-0.2, 0) is 23.7 Å². The van der Waals surface area contributed by atoms with Crippen molar-refractivity contribution in [2.45, 2.75) is 54.8 Å². The predicted molar refractivity (Wildman–Crippen MR) is 114 cm³/mol. The topological polar surface area (TPSA) is 197 Å². The highest BCUT2D eigenvalue weighted by molar-refractivity contribution is 5.90. The predicted octanol–water partition coefficient (Wildman–Crippen LogP) is -2.01. The Kier molecular flexibility index (Phi) is 6.59. The Labute approximate surface area is 205 Å². The van der Waals surface area contributed by atoms with Gasteiger partial charge in [-0.1, -0.05) is 0 Å². The molecule has 0 radical (unpaired) electrons. The molecule has 3 fully saturated rings. The molecule has 1 aromatic carbocycles. The van der Waals surface area contributed by atoms with E-state index in [0.29, 0.717) is 0 Å². The second-order valence-corrected chi connectivity index (χ2v) is 9.18. The standard InChI is InChI=1S/C23H28O13/c1-31-12-6-9(2-3-11(12)26)20(30)34-18-10-4-5-32-21(14(10)23(8-25)19(18)36-23)35-22-17(29)16(28)15(27)13(7-24)33-22/h2-6,10,13-19,21-22,24-29H,7-8H2,1H3/t10-,13-,14-,15-,16-,17-,18-,19+,21-,22+,23+/m1/s1. The minimum absolute atomic E-state index is 0.0973. The van der Waals surface area contributed by atoms with Gasteiger partial charge in [0.1, 0.15) is 42.2 Å². The van der Waals surface area contributed by atoms with Crippen molar-refractivity contribution in [3.05, 3.63) is 36.1 Å². The number of phenols is 1. The molecule has 0 aromatic heterocycles. The molecule has 1 aromatic rings. The van der Waals surface area contributed by atoms with Gasteiger partial charge in [0.15, 0.2) is 17.8 Å². The first-order valence-corrected chi connectivity index (χ1v) is 11.4. The van der Waals surface area contributed by atoms with Gasteiger partial charge in [0.2, 0.25) is 6.29 Å². The van der Waals surface area contributed by atoms with E-state index in [9.17, 15) is 35.4 Å². The quantitative estimate of drug-likeness (QED) is 0.173. The zero-order valence-corrected chi connectivity index (χ0v) is 19.1. The Morgan fingerprint density at radius 1 is 1.11 bits per heavy atom. The van der Waals surface area contributed by atoms with Crippen molar-refractivity contribution in [3.63, 3.8) is 0 Å². The number of methoxy groups -OCH3 is 1. The lowest BCUT2D eigenvalue weighted by Crippen LogP contribution is -2.60. The van der Waals surface area contributed by atoms with Gasteiger partial charge >= 0.3 is 5.97 Å². The first kappa shape index (κ1) is 25.2. The summed E-state index contributed by atoms with van der Waals surface area (Å²) in [5.41, 5.74) is -1.03. The molecule has 0 bridgehead atoms. The maximum Gasteiger partial charge on any atom is 0.338 e. The maximum absolute atomic E-state index is 12.9. The summed E-state index contributed by atoms with van der Waals surface area (Å²) in [4.78, 5) is 12.9. The molecule has 5 rings (SSSR count). The van der Waals surface area contributed by atoms with Crippen molar-refractivity contribution in [3.8, 4) is 11.5 Å². The van der Waals surface area contributed by atoms with Gasteiger partial charge in [-0.15, -0.1) is 0 Å². The number of hydrogen-bond acceptors (Lipinski definition) is 13. The van der Waals surface area contributed by atoms with Crippen LogP contribution in [0.2, 0.25) is 0 Å². The van der Waals surface area contributed by atoms with Crippen LogP contribution in [0.3, 0.4) is 0 Å². The molecule has 36 heavy (non-hydrogen) atoms. The summed E-state index contributed by atoms with van der Waals surface area (Å²) in [5.74, 6) is -1.95. The van der Waals surface area contributed by atoms with E-state index in [4.69, 9.17) is 28.4 Å². The molecular weight excluding hydrogens is 484 g/mol. The molecule has 11 atom stereocenters. The van der Waals surface area contributed by atoms with Crippen LogP contribution in [0, 0.1) is 11.8 Å². The third kappa shape index (κ3) is 3.92. The number of rotatable bonds is 7. The lowest BCUT2D eigenvalue weighted by Gasteiger charge is -2.43. The molecule has 0 amide bonds. The Hall–Kier alpha value is -2.49. The molecule has 198 valence electrons. The fraction of sp³-hybridized carbons (Fsp3) is 0.609. The highest BCUT2D eigenvalue weighted by atomic mass is 16.8. The molecular formula is C23H28O13. The van der Waals surface area contributed by atoms with E-state index >= 15 is 0 Å². The summed E-state index contributed by atoms with van der Waals surface area (Å²) < 4.78 is 33.4. The zero-order chi connectivity index (χ0) is 25.8. The van der Waals surface area contributed by atoms with Crippen LogP contribution in [0.25, 0.3) is 0 Å². The highest BCUT2D eigenvalue weighted by Crippen LogP contribution is 2.60. The minimum Gasteiger partial charge on any atom is -0.504 e. The maximum atomic E-state index is 12.9. The number of aromatic hydroxyl groups is 1. The summed E-state index contributed by atoms with van der Waals surface area (Å²) in [6.07, 6.45) is -7.19. The number of epoxide rings is 1. The van der Waals surface area contributed by atoms with Crippen molar-refractivity contribution in [2.24, 2.45) is 11.8 Å². The molecule has 3 heterocycles. The van der Waals surface area contributed by atoms with E-state index in [-0.39, 0.29) is 17.1 Å². The highest BCUT2D eigenvalue weighted by Gasteiger charge is 2.77. The number of ether oxygens (including phenoxy) is 6. The van der Waals surface area contributed by atoms with Crippen molar-refractivity contribution < 1.29 is 63.9 Å². The van der Waals surface area contributed by atoms with E-state index in [0.717, 1.165) is 0 Å². The summed E-state index contributed by atoms with van der Waals surface area (Å²) in [6, 6.07) is 4.02. The molecule has 6 N–H and O–H groups in total. The Morgan fingerprint density at radius 3 is 2.58 bits per heavy atom. The van der Waals surface area contributed by atoms with Crippen molar-refractivity contribution in [1.82, 2.24) is 0 Å². The molecule has 13 nitrogen and oxygen atoms in total. The van der Waals surface area contributed by atoms with Crippen LogP contribution in [0.15, 0.2) is 30.5 Å². The molecule has 2 saturated heterocycles. The third-order valence-corrected chi connectivity index (χ3v) is 7.26. The van der Waals surface area contributed by atoms with Crippen molar-refractivity contribution in [2.75, 3.05) is 20.3 Å². The number of phenolic OH excluding ortho intramolecular Hbond substituents is 1. The monoisotopic (exact) mass is 512 g/mol. The minimum atomic E-state index is -1.66. The number of fused-ring (bicyclic) bond motifs is 3. The van der Waals surface area contributed by atoms with Crippen LogP contribution >= 0.6 is 0 Å². The van der Waals surface area contributed by atoms with Gasteiger partial charge in [0, 0.05) is 5.92 Å². The SMILES string of the molecule is COc1cc(C(=O)O[C@@H]2[C@@H]3C=CO[C@H](O[C@@H]4O[C@H](CO)[C@@H](O)[C@@H](O)[C@H]4O)[C@@H]3[C@]3(CO)O[C@@H]23)ccc1O. The van der Waals surface area contributed by atoms with E-state index in [1.54, 1.807) is 6.08 Å². The summed E-state index contributed by atoms with van der Waals surface area (Å²) in [7, 11) is 1.35. The summed E-state index contributed by atoms with van der Waals surface area (Å²) >= 11 is 0. The van der Waals surface area contributed by atoms with Crippen LogP contribution in [0.5, 0.6) is 11.5 Å². The normalized spacial score (nSPS) is 42.7. The lowest BCUT2D eigenvalue weighted by atomic mass is 9.85. The van der Waals surface area contributed by atoms with E-state index < -0.39 is 85.8 Å². The second-order valence-electron chi connectivity index (χ2n) is 9.18. The fourth-order valence-corrected chi connectivity index (χ4v) is 5.28. The van der Waals surface area contributed by atoms with Crippen LogP contribution in [-0.4, -0.2) is 112 Å². The summed E-state index contributed by atoms with van der Waals surface area (Å²) in [5, 5.41) is 59.8. The Balaban J connectivity index is 1.35. The smallest absolute Gasteiger partial charge is 0.338 e. The molecule has 13 heteroatoms. The van der Waals surface area contributed by atoms with Gasteiger partial charge < -0.3 is 59.1 Å². The number of benzene rings is 1. The third-order valence-electron chi connectivity index (χ3n) is 7.26. The van der Waals surface area contributed by atoms with Gasteiger partial charge in [-0.2, -0.15) is 0 Å². The lowest BCUT2D eigenvalue weighted by molar-refractivity contribution is -0.344. The zero-order valence-electron chi connectivity index (χ0n) is 19.1. The Bertz CT molecular complexity index is 1010. The number of carbonyl (C=O) groups is 1. The average molecular weight is 512 g/mol. The number of carbonyl (C=O) groups excluding carboxylic acids is 1. The Morgan fingerprint density at radius 2 is 1.89 bits per heavy atom. The molecule has 1 saturated carbocycles. The van der Waals surface area contributed by atoms with Gasteiger partial charge in [0.25, 0.3) is 0 Å². The van der Waals surface area contributed by atoms with E-state index in [1.165, 1.54) is 31.6 Å². The van der Waals surface area contributed by atoms with Crippen molar-refractivity contribution >= 4 is 5.97 Å². The molecule has 4 aliphatic rings. The van der Waals surface area contributed by atoms with Gasteiger partial charge in [-0.25, -0.2) is 4.79 Å². The fourth-order valence-electron chi connectivity index (χ4n) is 5.28. The van der Waals surface area contributed by atoms with Gasteiger partial charge in [0.05, 0.1) is 38.1 Å². The molecule has 0 spiro atoms. The van der Waals surface area contributed by atoms with Gasteiger partial charge in [-0.05, 0) is 24.3 Å². The van der Waals surface area contributed by atoms with Crippen molar-refractivity contribution in [1.29, 1.82) is 0 Å². The van der Waals surface area contributed by atoms with Crippen LogP contribution < -0.4 is 4.74 Å². The first-order valence-electron chi connectivity index (χ1n) is 11.4. The molecule has 3 aliphatic heterocycles. The number of aliphatic hydroxyl groups excluding tert-OH is 5. The molecule has 0 unspecified atom stereocenters. The number of hydrogen-bond donors (Lipinski definition) is 6. The van der Waals surface area contributed by atoms with E-state index in [2.05, 4.69) is 0 Å². The summed E-state index contributed by atoms with van der Waals surface area (Å²) in [6.45, 7) is -1.07. The number of aliphatic hydroxyl groups is 5.